The summed E-state index contributed by atoms with van der Waals surface area (Å²) in [6.07, 6.45) is 4.19. The van der Waals surface area contributed by atoms with Gasteiger partial charge in [0.15, 0.2) is 5.82 Å². The van der Waals surface area contributed by atoms with Gasteiger partial charge in [-0.15, -0.1) is 5.10 Å². The number of rotatable bonds is 3. The second-order valence-electron chi connectivity index (χ2n) is 5.64. The van der Waals surface area contributed by atoms with Crippen LogP contribution in [0, 0.1) is 13.8 Å². The molecular weight excluding hydrogens is 280 g/mol. The maximum atomic E-state index is 11.8. The summed E-state index contributed by atoms with van der Waals surface area (Å²) in [5, 5.41) is 13.5. The van der Waals surface area contributed by atoms with Gasteiger partial charge in [0.25, 0.3) is 0 Å². The van der Waals surface area contributed by atoms with E-state index in [9.17, 15) is 9.90 Å². The van der Waals surface area contributed by atoms with Gasteiger partial charge in [-0.25, -0.2) is 9.67 Å². The van der Waals surface area contributed by atoms with Crippen LogP contribution >= 0.6 is 0 Å². The Balaban J connectivity index is 1.72. The topological polar surface area (TPSA) is 71.2 Å². The van der Waals surface area contributed by atoms with Crippen LogP contribution in [0.4, 0.5) is 0 Å². The van der Waals surface area contributed by atoms with E-state index in [1.54, 1.807) is 17.4 Å². The molecule has 1 aromatic heterocycles. The number of aliphatic hydroxyl groups is 1. The van der Waals surface area contributed by atoms with Gasteiger partial charge in [0, 0.05) is 30.9 Å². The van der Waals surface area contributed by atoms with Gasteiger partial charge in [-0.1, -0.05) is 17.2 Å². The third kappa shape index (κ3) is 3.07. The molecule has 22 heavy (non-hydrogen) atoms. The smallest absolute Gasteiger partial charge is 0.248 e. The molecule has 1 saturated heterocycles. The largest absolute Gasteiger partial charge is 0.389 e. The molecule has 1 N–H and O–H groups in total. The third-order valence-electron chi connectivity index (χ3n) is 3.53. The predicted octanol–water partition coefficient (Wildman–Crippen LogP) is 1.24. The fourth-order valence-electron chi connectivity index (χ4n) is 2.46. The lowest BCUT2D eigenvalue weighted by atomic mass is 10.1. The van der Waals surface area contributed by atoms with E-state index in [-0.39, 0.29) is 12.0 Å². The highest BCUT2D eigenvalue weighted by molar-refractivity contribution is 5.90. The van der Waals surface area contributed by atoms with Crippen molar-refractivity contribution in [3.8, 4) is 11.4 Å². The van der Waals surface area contributed by atoms with Crippen molar-refractivity contribution in [3.05, 3.63) is 41.7 Å². The molecule has 114 valence electrons. The Morgan fingerprint density at radius 3 is 2.59 bits per heavy atom. The van der Waals surface area contributed by atoms with Crippen molar-refractivity contribution in [1.29, 1.82) is 0 Å². The van der Waals surface area contributed by atoms with E-state index in [0.29, 0.717) is 18.9 Å². The second-order valence-corrected chi connectivity index (χ2v) is 5.64. The first-order chi connectivity index (χ1) is 10.5. The number of likely N-dealkylation sites (tertiary alicyclic amines) is 1. The van der Waals surface area contributed by atoms with Gasteiger partial charge in [-0.2, -0.15) is 0 Å². The highest BCUT2D eigenvalue weighted by Crippen LogP contribution is 2.18. The molecule has 0 bridgehead atoms. The molecular formula is C16H18N4O2. The molecule has 1 amide bonds. The molecule has 3 rings (SSSR count). The first-order valence-electron chi connectivity index (χ1n) is 7.16. The van der Waals surface area contributed by atoms with Crippen LogP contribution in [0.5, 0.6) is 0 Å². The summed E-state index contributed by atoms with van der Waals surface area (Å²) in [5.74, 6) is 0.497. The Labute approximate surface area is 128 Å². The van der Waals surface area contributed by atoms with Crippen LogP contribution in [0.2, 0.25) is 0 Å². The monoisotopic (exact) mass is 298 g/mol. The van der Waals surface area contributed by atoms with Gasteiger partial charge in [-0.3, -0.25) is 4.79 Å². The lowest BCUT2D eigenvalue weighted by molar-refractivity contribution is -0.135. The lowest BCUT2D eigenvalue weighted by Gasteiger charge is -2.34. The number of aliphatic hydroxyl groups excluding tert-OH is 1. The van der Waals surface area contributed by atoms with Crippen LogP contribution in [0.3, 0.4) is 0 Å². The Morgan fingerprint density at radius 1 is 1.27 bits per heavy atom. The summed E-state index contributed by atoms with van der Waals surface area (Å²) in [4.78, 5) is 17.6. The summed E-state index contributed by atoms with van der Waals surface area (Å²) < 4.78 is 1.51. The van der Waals surface area contributed by atoms with Gasteiger partial charge in [-0.05, 0) is 26.0 Å². The summed E-state index contributed by atoms with van der Waals surface area (Å²) >= 11 is 0. The minimum atomic E-state index is -0.389. The van der Waals surface area contributed by atoms with Gasteiger partial charge >= 0.3 is 0 Å². The zero-order valence-corrected chi connectivity index (χ0v) is 12.6. The van der Waals surface area contributed by atoms with Crippen LogP contribution in [-0.2, 0) is 4.79 Å². The van der Waals surface area contributed by atoms with Crippen LogP contribution < -0.4 is 0 Å². The summed E-state index contributed by atoms with van der Waals surface area (Å²) in [6.45, 7) is 4.86. The number of aromatic nitrogens is 3. The molecule has 6 heteroatoms. The number of hydrogen-bond donors (Lipinski definition) is 1. The van der Waals surface area contributed by atoms with Crippen molar-refractivity contribution in [2.24, 2.45) is 0 Å². The summed E-state index contributed by atoms with van der Waals surface area (Å²) in [5.41, 5.74) is 3.28. The van der Waals surface area contributed by atoms with Gasteiger partial charge < -0.3 is 10.0 Å². The summed E-state index contributed by atoms with van der Waals surface area (Å²) in [7, 11) is 0. The van der Waals surface area contributed by atoms with E-state index < -0.39 is 0 Å². The quantitative estimate of drug-likeness (QED) is 0.865. The molecule has 1 aliphatic heterocycles. The lowest BCUT2D eigenvalue weighted by Crippen LogP contribution is -2.52. The molecule has 0 radical (unpaired) electrons. The molecule has 2 aromatic rings. The Morgan fingerprint density at radius 2 is 1.95 bits per heavy atom. The number of benzene rings is 1. The normalized spacial score (nSPS) is 15.3. The van der Waals surface area contributed by atoms with Gasteiger partial charge in [0.2, 0.25) is 5.91 Å². The first kappa shape index (κ1) is 14.5. The molecule has 0 atom stereocenters. The number of nitrogens with zero attached hydrogens (tertiary/aromatic N) is 4. The average Bonchev–Trinajstić information content (AvgIpc) is 2.89. The maximum absolute atomic E-state index is 11.8. The number of β-amino-alcohol motifs (C(OH)–C–C–N with tert-alkyl or cyclic N) is 1. The fraction of sp³-hybridized carbons (Fsp3) is 0.312. The zero-order valence-electron chi connectivity index (χ0n) is 12.6. The molecule has 6 nitrogen and oxygen atoms in total. The van der Waals surface area contributed by atoms with Crippen LogP contribution in [0.25, 0.3) is 17.6 Å². The second kappa shape index (κ2) is 5.73. The van der Waals surface area contributed by atoms with E-state index in [0.717, 1.165) is 16.7 Å². The minimum absolute atomic E-state index is 0.131. The number of carbonyl (C=O) groups is 1. The maximum Gasteiger partial charge on any atom is 0.248 e. The van der Waals surface area contributed by atoms with Crippen molar-refractivity contribution >= 4 is 12.1 Å². The number of aryl methyl sites for hydroxylation is 2. The highest BCUT2D eigenvalue weighted by Gasteiger charge is 2.27. The van der Waals surface area contributed by atoms with Crippen LogP contribution in [0.15, 0.2) is 30.6 Å². The molecule has 2 heterocycles. The van der Waals surface area contributed by atoms with Crippen molar-refractivity contribution < 1.29 is 9.90 Å². The van der Waals surface area contributed by atoms with Crippen LogP contribution in [0.1, 0.15) is 11.1 Å². The zero-order chi connectivity index (χ0) is 15.7. The Bertz CT molecular complexity index is 709. The number of hydrogen-bond acceptors (Lipinski definition) is 4. The molecule has 1 aliphatic rings. The van der Waals surface area contributed by atoms with Gasteiger partial charge in [0.1, 0.15) is 6.33 Å². The molecule has 1 fully saturated rings. The van der Waals surface area contributed by atoms with Gasteiger partial charge in [0.05, 0.1) is 6.10 Å². The minimum Gasteiger partial charge on any atom is -0.389 e. The van der Waals surface area contributed by atoms with E-state index >= 15 is 0 Å². The molecule has 0 spiro atoms. The Hall–Kier alpha value is -2.47. The molecule has 0 unspecified atom stereocenters. The predicted molar refractivity (Wildman–Crippen MR) is 82.8 cm³/mol. The van der Waals surface area contributed by atoms with E-state index in [4.69, 9.17) is 0 Å². The van der Waals surface area contributed by atoms with E-state index in [1.165, 1.54) is 10.8 Å². The average molecular weight is 298 g/mol. The molecule has 1 aromatic carbocycles. The standard InChI is InChI=1S/C16H18N4O2/c1-11-5-12(2)7-13(6-11)16-17-10-20(18-16)4-3-15(22)19-8-14(21)9-19/h3-7,10,14,21H,8-9H2,1-2H3/b4-3-. The molecule has 0 aliphatic carbocycles. The number of amides is 1. The van der Waals surface area contributed by atoms with E-state index in [2.05, 4.69) is 16.1 Å². The van der Waals surface area contributed by atoms with Crippen molar-refractivity contribution in [1.82, 2.24) is 19.7 Å². The molecule has 0 saturated carbocycles. The first-order valence-corrected chi connectivity index (χ1v) is 7.16. The Kier molecular flexibility index (Phi) is 3.77. The fourth-order valence-corrected chi connectivity index (χ4v) is 2.46. The third-order valence-corrected chi connectivity index (χ3v) is 3.53. The van der Waals surface area contributed by atoms with E-state index in [1.807, 2.05) is 26.0 Å². The highest BCUT2D eigenvalue weighted by atomic mass is 16.3. The summed E-state index contributed by atoms with van der Waals surface area (Å²) in [6, 6.07) is 6.16. The van der Waals surface area contributed by atoms with Crippen molar-refractivity contribution in [3.63, 3.8) is 0 Å². The van der Waals surface area contributed by atoms with Crippen molar-refractivity contribution in [2.75, 3.05) is 13.1 Å². The SMILES string of the molecule is Cc1cc(C)cc(-c2ncn(/C=C\C(=O)N3CC(O)C3)n2)c1. The van der Waals surface area contributed by atoms with Crippen molar-refractivity contribution in [2.45, 2.75) is 20.0 Å². The number of carbonyl (C=O) groups excluding carboxylic acids is 1. The van der Waals surface area contributed by atoms with Crippen LogP contribution in [-0.4, -0.2) is 49.9 Å².